The summed E-state index contributed by atoms with van der Waals surface area (Å²) in [5, 5.41) is 0. The van der Waals surface area contributed by atoms with Crippen LogP contribution in [0.15, 0.2) is 12.4 Å². The number of aromatic amines is 2. The van der Waals surface area contributed by atoms with E-state index in [9.17, 15) is 0 Å². The number of H-pyrrole nitrogens is 2. The van der Waals surface area contributed by atoms with E-state index in [4.69, 9.17) is 10.5 Å². The van der Waals surface area contributed by atoms with E-state index in [-0.39, 0.29) is 7.43 Å². The molecule has 0 aliphatic rings. The van der Waals surface area contributed by atoms with Gasteiger partial charge in [0.2, 0.25) is 0 Å². The summed E-state index contributed by atoms with van der Waals surface area (Å²) in [7, 11) is 0. The van der Waals surface area contributed by atoms with E-state index in [1.54, 1.807) is 12.4 Å². The molecular formula is C14H27N5O. The molecule has 20 heavy (non-hydrogen) atoms. The average molecular weight is 281 g/mol. The molecule has 4 N–H and O–H groups in total. The predicted octanol–water partition coefficient (Wildman–Crippen LogP) is 2.46. The van der Waals surface area contributed by atoms with Gasteiger partial charge in [-0.1, -0.05) is 14.4 Å². The van der Waals surface area contributed by atoms with Gasteiger partial charge in [0.25, 0.3) is 0 Å². The maximum atomic E-state index is 5.49. The molecule has 0 aliphatic carbocycles. The van der Waals surface area contributed by atoms with Gasteiger partial charge in [0.15, 0.2) is 0 Å². The number of aryl methyl sites for hydroxylation is 2. The Morgan fingerprint density at radius 2 is 1.45 bits per heavy atom. The maximum Gasteiger partial charge on any atom is 0.103 e. The highest BCUT2D eigenvalue weighted by Crippen LogP contribution is 2.02. The lowest BCUT2D eigenvalue weighted by Crippen LogP contribution is -1.94. The van der Waals surface area contributed by atoms with Crippen LogP contribution in [0.25, 0.3) is 0 Å². The summed E-state index contributed by atoms with van der Waals surface area (Å²) < 4.78 is 5.49. The first-order chi connectivity index (χ1) is 9.15. The Morgan fingerprint density at radius 1 is 1.05 bits per heavy atom. The second kappa shape index (κ2) is 10.2. The molecule has 0 atom stereocenters. The topological polar surface area (TPSA) is 92.6 Å². The van der Waals surface area contributed by atoms with Crippen LogP contribution in [-0.4, -0.2) is 26.5 Å². The van der Waals surface area contributed by atoms with Crippen LogP contribution in [0.2, 0.25) is 0 Å². The third-order valence-corrected chi connectivity index (χ3v) is 2.31. The van der Waals surface area contributed by atoms with Crippen LogP contribution in [0, 0.1) is 13.8 Å². The number of aromatic nitrogens is 4. The molecule has 2 rings (SSSR count). The van der Waals surface area contributed by atoms with Crippen LogP contribution < -0.4 is 5.73 Å². The number of hydrogen-bond acceptors (Lipinski definition) is 4. The number of ether oxygens (including phenoxy) is 1. The Balaban J connectivity index is 0.000000644. The molecule has 0 amide bonds. The van der Waals surface area contributed by atoms with Gasteiger partial charge in [-0.2, -0.15) is 0 Å². The molecule has 114 valence electrons. The highest BCUT2D eigenvalue weighted by atomic mass is 16.5. The van der Waals surface area contributed by atoms with E-state index < -0.39 is 0 Å². The summed E-state index contributed by atoms with van der Waals surface area (Å²) in [5.41, 5.74) is 7.01. The van der Waals surface area contributed by atoms with Gasteiger partial charge in [-0.3, -0.25) is 0 Å². The summed E-state index contributed by atoms with van der Waals surface area (Å²) in [6.45, 7) is 7.79. The fraction of sp³-hybridized carbons (Fsp3) is 0.571. The number of nitrogens with zero attached hydrogens (tertiary/aromatic N) is 2. The molecule has 0 fully saturated rings. The van der Waals surface area contributed by atoms with Crippen LogP contribution in [-0.2, 0) is 18.0 Å². The zero-order valence-electron chi connectivity index (χ0n) is 11.9. The molecule has 6 nitrogen and oxygen atoms in total. The van der Waals surface area contributed by atoms with Gasteiger partial charge < -0.3 is 20.4 Å². The predicted molar refractivity (Wildman–Crippen MR) is 81.2 cm³/mol. The smallest absolute Gasteiger partial charge is 0.103 e. The SMILES string of the molecule is C.CCCN.Cc1ncc(COCc2cnc(C)[nH]2)[nH]1. The van der Waals surface area contributed by atoms with Crippen molar-refractivity contribution in [1.82, 2.24) is 19.9 Å². The zero-order chi connectivity index (χ0) is 14.1. The minimum Gasteiger partial charge on any atom is -0.369 e. The van der Waals surface area contributed by atoms with Crippen molar-refractivity contribution in [2.24, 2.45) is 5.73 Å². The van der Waals surface area contributed by atoms with E-state index >= 15 is 0 Å². The monoisotopic (exact) mass is 281 g/mol. The van der Waals surface area contributed by atoms with E-state index in [1.807, 2.05) is 13.8 Å². The van der Waals surface area contributed by atoms with Crippen LogP contribution in [0.1, 0.15) is 43.8 Å². The Hall–Kier alpha value is -1.66. The van der Waals surface area contributed by atoms with Gasteiger partial charge in [-0.15, -0.1) is 0 Å². The molecular weight excluding hydrogens is 254 g/mol. The second-order valence-corrected chi connectivity index (χ2v) is 4.27. The normalized spacial score (nSPS) is 9.60. The van der Waals surface area contributed by atoms with E-state index in [0.29, 0.717) is 13.2 Å². The van der Waals surface area contributed by atoms with Crippen LogP contribution in [0.5, 0.6) is 0 Å². The highest BCUT2D eigenvalue weighted by Gasteiger charge is 1.99. The Kier molecular flexibility index (Phi) is 9.32. The molecule has 0 saturated heterocycles. The number of rotatable bonds is 5. The minimum atomic E-state index is 0. The lowest BCUT2D eigenvalue weighted by Gasteiger charge is -1.99. The molecule has 0 aromatic carbocycles. The quantitative estimate of drug-likeness (QED) is 0.785. The lowest BCUT2D eigenvalue weighted by atomic mass is 10.5. The van der Waals surface area contributed by atoms with Gasteiger partial charge in [0.05, 0.1) is 37.0 Å². The van der Waals surface area contributed by atoms with E-state index in [2.05, 4.69) is 26.9 Å². The number of nitrogens with two attached hydrogens (primary N) is 1. The Bertz CT molecular complexity index is 421. The van der Waals surface area contributed by atoms with Crippen molar-refractivity contribution in [3.8, 4) is 0 Å². The highest BCUT2D eigenvalue weighted by molar-refractivity contribution is 5.00. The third-order valence-electron chi connectivity index (χ3n) is 2.31. The first-order valence-electron chi connectivity index (χ1n) is 6.44. The molecule has 0 aliphatic heterocycles. The second-order valence-electron chi connectivity index (χ2n) is 4.27. The molecule has 2 aromatic rings. The molecule has 0 spiro atoms. The first kappa shape index (κ1) is 18.3. The number of nitrogens with one attached hydrogen (secondary N) is 2. The summed E-state index contributed by atoms with van der Waals surface area (Å²) in [6, 6.07) is 0. The number of imidazole rings is 2. The van der Waals surface area contributed by atoms with Crippen molar-refractivity contribution in [2.75, 3.05) is 6.54 Å². The fourth-order valence-electron chi connectivity index (χ4n) is 1.36. The van der Waals surface area contributed by atoms with Gasteiger partial charge in [0.1, 0.15) is 11.6 Å². The lowest BCUT2D eigenvalue weighted by molar-refractivity contribution is 0.102. The maximum absolute atomic E-state index is 5.49. The zero-order valence-corrected chi connectivity index (χ0v) is 11.9. The summed E-state index contributed by atoms with van der Waals surface area (Å²) in [5.74, 6) is 1.82. The average Bonchev–Trinajstić information content (AvgIpc) is 2.99. The molecule has 0 saturated carbocycles. The van der Waals surface area contributed by atoms with Gasteiger partial charge in [-0.25, -0.2) is 9.97 Å². The summed E-state index contributed by atoms with van der Waals surface area (Å²) in [4.78, 5) is 14.4. The largest absolute Gasteiger partial charge is 0.369 e. The van der Waals surface area contributed by atoms with Crippen LogP contribution in [0.3, 0.4) is 0 Å². The fourth-order valence-corrected chi connectivity index (χ4v) is 1.36. The van der Waals surface area contributed by atoms with Crippen molar-refractivity contribution in [3.63, 3.8) is 0 Å². The van der Waals surface area contributed by atoms with Gasteiger partial charge in [-0.05, 0) is 26.8 Å². The molecule has 2 heterocycles. The van der Waals surface area contributed by atoms with Crippen molar-refractivity contribution in [2.45, 2.75) is 47.8 Å². The standard InChI is InChI=1S/C10H14N4O.C3H9N.CH4/c1-7-11-3-9(13-7)5-15-6-10-4-12-8(2)14-10;1-2-3-4;/h3-4H,5-6H2,1-2H3,(H,11,13)(H,12,14);2-4H2,1H3;1H4. The molecule has 0 bridgehead atoms. The van der Waals surface area contributed by atoms with Crippen molar-refractivity contribution in [1.29, 1.82) is 0 Å². The van der Waals surface area contributed by atoms with E-state index in [0.717, 1.165) is 36.0 Å². The summed E-state index contributed by atoms with van der Waals surface area (Å²) in [6.07, 6.45) is 4.67. The Labute approximate surface area is 121 Å². The number of hydrogen-bond donors (Lipinski definition) is 3. The van der Waals surface area contributed by atoms with Crippen molar-refractivity contribution < 1.29 is 4.74 Å². The minimum absolute atomic E-state index is 0. The van der Waals surface area contributed by atoms with Crippen molar-refractivity contribution >= 4 is 0 Å². The van der Waals surface area contributed by atoms with Crippen molar-refractivity contribution in [3.05, 3.63) is 35.4 Å². The van der Waals surface area contributed by atoms with Gasteiger partial charge in [0, 0.05) is 0 Å². The summed E-state index contributed by atoms with van der Waals surface area (Å²) >= 11 is 0. The van der Waals surface area contributed by atoms with E-state index in [1.165, 1.54) is 0 Å². The van der Waals surface area contributed by atoms with Crippen LogP contribution >= 0.6 is 0 Å². The third kappa shape index (κ3) is 7.06. The molecule has 2 aromatic heterocycles. The first-order valence-corrected chi connectivity index (χ1v) is 6.44. The molecule has 0 unspecified atom stereocenters. The van der Waals surface area contributed by atoms with Gasteiger partial charge >= 0.3 is 0 Å². The Morgan fingerprint density at radius 3 is 1.70 bits per heavy atom. The molecule has 0 radical (unpaired) electrons. The molecule has 6 heteroatoms. The van der Waals surface area contributed by atoms with Crippen LogP contribution in [0.4, 0.5) is 0 Å².